The number of rotatable bonds is 8. The summed E-state index contributed by atoms with van der Waals surface area (Å²) in [5.41, 5.74) is 1.34. The van der Waals surface area contributed by atoms with E-state index in [9.17, 15) is 4.79 Å². The maximum atomic E-state index is 12.5. The molecule has 9 heteroatoms. The molecule has 3 rings (SSSR count). The van der Waals surface area contributed by atoms with Gasteiger partial charge in [0.2, 0.25) is 11.9 Å². The van der Waals surface area contributed by atoms with Crippen LogP contribution in [0.2, 0.25) is 0 Å². The van der Waals surface area contributed by atoms with E-state index in [1.165, 1.54) is 5.56 Å². The highest BCUT2D eigenvalue weighted by molar-refractivity contribution is 14.0. The van der Waals surface area contributed by atoms with Crippen molar-refractivity contribution in [3.8, 4) is 0 Å². The fourth-order valence-corrected chi connectivity index (χ4v) is 3.42. The van der Waals surface area contributed by atoms with Crippen molar-refractivity contribution in [2.75, 3.05) is 51.2 Å². The Balaban J connectivity index is 0.00000341. The lowest BCUT2D eigenvalue weighted by Gasteiger charge is -2.34. The smallest absolute Gasteiger partial charge is 0.225 e. The summed E-state index contributed by atoms with van der Waals surface area (Å²) in [7, 11) is 1.75. The second-order valence-electron chi connectivity index (χ2n) is 7.18. The van der Waals surface area contributed by atoms with Crippen molar-refractivity contribution >= 4 is 41.8 Å². The first-order chi connectivity index (χ1) is 14.8. The standard InChI is InChI=1S/C22H31N7O.HI/c1-23-21(24-11-5-9-19-7-3-2-4-8-19)25-14-10-20(30)28-15-17-29(18-16-28)22-26-12-6-13-27-22;/h2-4,6-8,12-13H,5,9-11,14-18H2,1H3,(H2,23,24,25);1H. The molecule has 31 heavy (non-hydrogen) atoms. The Morgan fingerprint density at radius 2 is 1.68 bits per heavy atom. The van der Waals surface area contributed by atoms with Crippen molar-refractivity contribution in [1.82, 2.24) is 25.5 Å². The van der Waals surface area contributed by atoms with Crippen LogP contribution in [0.15, 0.2) is 53.8 Å². The first-order valence-electron chi connectivity index (χ1n) is 10.5. The maximum absolute atomic E-state index is 12.5. The Morgan fingerprint density at radius 3 is 2.35 bits per heavy atom. The van der Waals surface area contributed by atoms with Crippen LogP contribution in [0.5, 0.6) is 0 Å². The van der Waals surface area contributed by atoms with Crippen LogP contribution < -0.4 is 15.5 Å². The second kappa shape index (κ2) is 13.8. The molecular weight excluding hydrogens is 505 g/mol. The summed E-state index contributed by atoms with van der Waals surface area (Å²) in [4.78, 5) is 29.3. The van der Waals surface area contributed by atoms with Crippen LogP contribution >= 0.6 is 24.0 Å². The number of carbonyl (C=O) groups is 1. The van der Waals surface area contributed by atoms with Gasteiger partial charge in [-0.2, -0.15) is 0 Å². The molecule has 0 bridgehead atoms. The van der Waals surface area contributed by atoms with Gasteiger partial charge < -0.3 is 20.4 Å². The molecule has 1 saturated heterocycles. The summed E-state index contributed by atoms with van der Waals surface area (Å²) >= 11 is 0. The van der Waals surface area contributed by atoms with Gasteiger partial charge in [-0.3, -0.25) is 9.79 Å². The molecule has 1 aliphatic rings. The number of guanidine groups is 1. The molecule has 1 aromatic carbocycles. The minimum atomic E-state index is 0. The zero-order valence-electron chi connectivity index (χ0n) is 18.0. The summed E-state index contributed by atoms with van der Waals surface area (Å²) in [5.74, 6) is 1.63. The molecule has 1 aliphatic heterocycles. The number of anilines is 1. The fourth-order valence-electron chi connectivity index (χ4n) is 3.42. The van der Waals surface area contributed by atoms with Crippen molar-refractivity contribution in [3.63, 3.8) is 0 Å². The van der Waals surface area contributed by atoms with E-state index in [0.29, 0.717) is 26.1 Å². The van der Waals surface area contributed by atoms with Crippen LogP contribution in [0.4, 0.5) is 5.95 Å². The first kappa shape index (κ1) is 24.8. The molecule has 8 nitrogen and oxygen atoms in total. The third-order valence-corrected chi connectivity index (χ3v) is 5.10. The van der Waals surface area contributed by atoms with Crippen LogP contribution in [0.25, 0.3) is 0 Å². The lowest BCUT2D eigenvalue weighted by atomic mass is 10.1. The summed E-state index contributed by atoms with van der Waals surface area (Å²) < 4.78 is 0. The van der Waals surface area contributed by atoms with Gasteiger partial charge in [0.15, 0.2) is 5.96 Å². The zero-order chi connectivity index (χ0) is 21.0. The molecule has 0 saturated carbocycles. The molecule has 0 atom stereocenters. The van der Waals surface area contributed by atoms with Crippen LogP contribution in [0, 0.1) is 0 Å². The minimum Gasteiger partial charge on any atom is -0.356 e. The van der Waals surface area contributed by atoms with E-state index in [1.807, 2.05) is 17.0 Å². The summed E-state index contributed by atoms with van der Waals surface area (Å²) in [5, 5.41) is 6.54. The van der Waals surface area contributed by atoms with Crippen molar-refractivity contribution in [2.45, 2.75) is 19.3 Å². The Kier molecular flexibility index (Phi) is 11.0. The van der Waals surface area contributed by atoms with Crippen molar-refractivity contribution in [2.24, 2.45) is 4.99 Å². The van der Waals surface area contributed by atoms with Crippen molar-refractivity contribution in [3.05, 3.63) is 54.4 Å². The quantitative estimate of drug-likeness (QED) is 0.232. The summed E-state index contributed by atoms with van der Waals surface area (Å²) in [6, 6.07) is 12.3. The highest BCUT2D eigenvalue weighted by atomic mass is 127. The van der Waals surface area contributed by atoms with Crippen LogP contribution in [-0.4, -0.2) is 73.1 Å². The Bertz CT molecular complexity index is 796. The number of carbonyl (C=O) groups excluding carboxylic acids is 1. The van der Waals surface area contributed by atoms with E-state index in [4.69, 9.17) is 0 Å². The van der Waals surface area contributed by atoms with Gasteiger partial charge in [-0.25, -0.2) is 9.97 Å². The Labute approximate surface area is 201 Å². The van der Waals surface area contributed by atoms with E-state index >= 15 is 0 Å². The van der Waals surface area contributed by atoms with Crippen LogP contribution in [0.3, 0.4) is 0 Å². The fraction of sp³-hybridized carbons (Fsp3) is 0.455. The molecule has 0 spiro atoms. The monoisotopic (exact) mass is 537 g/mol. The molecule has 2 aromatic rings. The van der Waals surface area contributed by atoms with Gasteiger partial charge in [0.1, 0.15) is 0 Å². The number of benzene rings is 1. The number of nitrogens with zero attached hydrogens (tertiary/aromatic N) is 5. The number of hydrogen-bond acceptors (Lipinski definition) is 5. The summed E-state index contributed by atoms with van der Waals surface area (Å²) in [6.07, 6.45) is 6.00. The third kappa shape index (κ3) is 8.31. The number of nitrogens with one attached hydrogen (secondary N) is 2. The Morgan fingerprint density at radius 1 is 1.00 bits per heavy atom. The molecule has 1 fully saturated rings. The third-order valence-electron chi connectivity index (χ3n) is 5.10. The van der Waals surface area contributed by atoms with Crippen LogP contribution in [0.1, 0.15) is 18.4 Å². The van der Waals surface area contributed by atoms with Crippen molar-refractivity contribution in [1.29, 1.82) is 0 Å². The molecule has 1 aromatic heterocycles. The average molecular weight is 537 g/mol. The molecule has 1 amide bonds. The minimum absolute atomic E-state index is 0. The first-order valence-corrected chi connectivity index (χ1v) is 10.5. The van der Waals surface area contributed by atoms with Crippen LogP contribution in [-0.2, 0) is 11.2 Å². The lowest BCUT2D eigenvalue weighted by Crippen LogP contribution is -2.50. The van der Waals surface area contributed by atoms with Gasteiger partial charge >= 0.3 is 0 Å². The number of halogens is 1. The van der Waals surface area contributed by atoms with E-state index in [2.05, 4.69) is 54.8 Å². The number of aliphatic imine (C=N–C) groups is 1. The number of hydrogen-bond donors (Lipinski definition) is 2. The Hall–Kier alpha value is -2.43. The number of piperazine rings is 1. The van der Waals surface area contributed by atoms with Gasteiger partial charge in [-0.05, 0) is 24.5 Å². The highest BCUT2D eigenvalue weighted by Crippen LogP contribution is 2.10. The maximum Gasteiger partial charge on any atom is 0.225 e. The topological polar surface area (TPSA) is 85.8 Å². The molecule has 0 unspecified atom stereocenters. The number of aromatic nitrogens is 2. The largest absolute Gasteiger partial charge is 0.356 e. The van der Waals surface area contributed by atoms with E-state index in [-0.39, 0.29) is 29.9 Å². The van der Waals surface area contributed by atoms with Gasteiger partial charge in [0.25, 0.3) is 0 Å². The second-order valence-corrected chi connectivity index (χ2v) is 7.18. The van der Waals surface area contributed by atoms with Gasteiger partial charge in [0, 0.05) is 65.1 Å². The summed E-state index contributed by atoms with van der Waals surface area (Å²) in [6.45, 7) is 4.32. The van der Waals surface area contributed by atoms with Gasteiger partial charge in [-0.15, -0.1) is 24.0 Å². The molecule has 0 aliphatic carbocycles. The van der Waals surface area contributed by atoms with E-state index in [0.717, 1.165) is 44.4 Å². The predicted octanol–water partition coefficient (Wildman–Crippen LogP) is 1.93. The van der Waals surface area contributed by atoms with E-state index in [1.54, 1.807) is 19.4 Å². The average Bonchev–Trinajstić information content (AvgIpc) is 2.82. The molecule has 2 heterocycles. The number of aryl methyl sites for hydroxylation is 1. The van der Waals surface area contributed by atoms with Gasteiger partial charge in [0.05, 0.1) is 0 Å². The van der Waals surface area contributed by atoms with Gasteiger partial charge in [-0.1, -0.05) is 30.3 Å². The van der Waals surface area contributed by atoms with Crippen molar-refractivity contribution < 1.29 is 4.79 Å². The normalized spacial score (nSPS) is 14.0. The predicted molar refractivity (Wildman–Crippen MR) is 135 cm³/mol. The number of amides is 1. The highest BCUT2D eigenvalue weighted by Gasteiger charge is 2.22. The molecular formula is C22H32IN7O. The molecule has 0 radical (unpaired) electrons. The molecule has 168 valence electrons. The lowest BCUT2D eigenvalue weighted by molar-refractivity contribution is -0.131. The SMILES string of the molecule is CN=C(NCCCc1ccccc1)NCCC(=O)N1CCN(c2ncccn2)CC1.I. The molecule has 2 N–H and O–H groups in total. The van der Waals surface area contributed by atoms with E-state index < -0.39 is 0 Å². The zero-order valence-corrected chi connectivity index (χ0v) is 20.4.